The molecule has 1 rings (SSSR count). The van der Waals surface area contributed by atoms with Crippen molar-refractivity contribution in [2.45, 2.75) is 10.8 Å². The first kappa shape index (κ1) is 11.6. The van der Waals surface area contributed by atoms with Crippen LogP contribution >= 0.6 is 35.0 Å². The number of benzene rings is 1. The van der Waals surface area contributed by atoms with Crippen molar-refractivity contribution in [1.29, 1.82) is 0 Å². The van der Waals surface area contributed by atoms with Crippen molar-refractivity contribution in [2.75, 3.05) is 0 Å². The molecule has 0 aromatic heterocycles. The van der Waals surface area contributed by atoms with E-state index in [0.29, 0.717) is 0 Å². The Morgan fingerprint density at radius 1 is 1.29 bits per heavy atom. The number of rotatable bonds is 3. The lowest BCUT2D eigenvalue weighted by Gasteiger charge is -2.16. The lowest BCUT2D eigenvalue weighted by atomic mass is 10.1. The van der Waals surface area contributed by atoms with E-state index in [2.05, 4.69) is 0 Å². The summed E-state index contributed by atoms with van der Waals surface area (Å²) in [6.07, 6.45) is 0.218. The summed E-state index contributed by atoms with van der Waals surface area (Å²) in [7, 11) is 0. The second-order valence-electron chi connectivity index (χ2n) is 2.79. The van der Waals surface area contributed by atoms with Crippen molar-refractivity contribution in [1.82, 2.24) is 4.84 Å². The molecule has 1 aromatic rings. The highest BCUT2D eigenvalue weighted by Gasteiger charge is 2.33. The van der Waals surface area contributed by atoms with Gasteiger partial charge in [0.25, 0.3) is 5.91 Å². The molecule has 0 saturated carbocycles. The van der Waals surface area contributed by atoms with E-state index in [1.807, 2.05) is 35.2 Å². The van der Waals surface area contributed by atoms with Gasteiger partial charge < -0.3 is 0 Å². The fourth-order valence-electron chi connectivity index (χ4n) is 1.00. The van der Waals surface area contributed by atoms with Gasteiger partial charge in [0.05, 0.1) is 0 Å². The van der Waals surface area contributed by atoms with E-state index >= 15 is 0 Å². The molecular formula is C9H8Cl3NO. The largest absolute Gasteiger partial charge is 0.271 e. The minimum atomic E-state index is -1.52. The number of hydrogen-bond donors (Lipinski definition) is 1. The summed E-state index contributed by atoms with van der Waals surface area (Å²) in [6, 6.07) is 9.23. The monoisotopic (exact) mass is 251 g/mol. The first-order chi connectivity index (χ1) is 6.56. The molecule has 0 aliphatic heterocycles. The maximum absolute atomic E-state index is 11.1. The summed E-state index contributed by atoms with van der Waals surface area (Å²) in [4.78, 5) is 13.0. The summed E-state index contributed by atoms with van der Waals surface area (Å²) >= 11 is 16.7. The van der Waals surface area contributed by atoms with Gasteiger partial charge >= 0.3 is 0 Å². The Balaban J connectivity index is 2.73. The van der Waals surface area contributed by atoms with E-state index in [1.165, 1.54) is 0 Å². The van der Waals surface area contributed by atoms with Crippen molar-refractivity contribution in [3.05, 3.63) is 35.9 Å². The number of halogens is 3. The third kappa shape index (κ3) is 3.05. The Hall–Kier alpha value is -0.440. The molecule has 14 heavy (non-hydrogen) atoms. The second-order valence-corrected chi connectivity index (χ2v) is 4.46. The molecule has 0 aliphatic rings. The Morgan fingerprint density at radius 3 is 2.36 bits per heavy atom. The van der Waals surface area contributed by atoms with Crippen LogP contribution in [0, 0.1) is 0 Å². The van der Waals surface area contributed by atoms with Crippen LogP contribution in [0.25, 0.3) is 0 Å². The highest BCUT2D eigenvalue weighted by atomic mass is 35.5. The fourth-order valence-corrected chi connectivity index (χ4v) is 1.66. The van der Waals surface area contributed by atoms with Gasteiger partial charge in [-0.25, -0.2) is 0 Å². The number of hydrogen-bond acceptors (Lipinski definition) is 1. The van der Waals surface area contributed by atoms with E-state index in [-0.39, 0.29) is 6.42 Å². The first-order valence-corrected chi connectivity index (χ1v) is 5.02. The molecule has 0 unspecified atom stereocenters. The standard InChI is InChI=1S/C9H8Cl3NO/c10-9(11,8(14)13-12)6-7-4-2-1-3-5-7/h1-5H,6H2,(H,13,14). The van der Waals surface area contributed by atoms with Gasteiger partial charge in [0.1, 0.15) is 0 Å². The van der Waals surface area contributed by atoms with Crippen LogP contribution in [0.3, 0.4) is 0 Å². The lowest BCUT2D eigenvalue weighted by molar-refractivity contribution is -0.120. The third-order valence-corrected chi connectivity index (χ3v) is 2.47. The molecule has 0 fully saturated rings. The van der Waals surface area contributed by atoms with Crippen molar-refractivity contribution in [3.63, 3.8) is 0 Å². The number of carbonyl (C=O) groups excluding carboxylic acids is 1. The molecule has 0 aliphatic carbocycles. The molecule has 0 atom stereocenters. The molecule has 0 saturated heterocycles. The summed E-state index contributed by atoms with van der Waals surface area (Å²) in [5.74, 6) is -0.619. The quantitative estimate of drug-likeness (QED) is 0.650. The van der Waals surface area contributed by atoms with E-state index in [0.717, 1.165) is 5.56 Å². The van der Waals surface area contributed by atoms with E-state index in [1.54, 1.807) is 0 Å². The van der Waals surface area contributed by atoms with E-state index < -0.39 is 10.2 Å². The highest BCUT2D eigenvalue weighted by molar-refractivity contribution is 6.59. The minimum Gasteiger partial charge on any atom is -0.270 e. The van der Waals surface area contributed by atoms with Gasteiger partial charge in [-0.1, -0.05) is 53.5 Å². The SMILES string of the molecule is O=C(NCl)C(Cl)(Cl)Cc1ccccc1. The van der Waals surface area contributed by atoms with Crippen LogP contribution in [0.1, 0.15) is 5.56 Å². The molecule has 5 heteroatoms. The predicted octanol–water partition coefficient (Wildman–Crippen LogP) is 2.67. The molecule has 2 nitrogen and oxygen atoms in total. The summed E-state index contributed by atoms with van der Waals surface area (Å²) < 4.78 is -1.52. The summed E-state index contributed by atoms with van der Waals surface area (Å²) in [6.45, 7) is 0. The average molecular weight is 253 g/mol. The smallest absolute Gasteiger partial charge is 0.270 e. The first-order valence-electron chi connectivity index (χ1n) is 3.89. The normalized spacial score (nSPS) is 11.1. The Labute approximate surface area is 97.3 Å². The number of alkyl halides is 2. The van der Waals surface area contributed by atoms with Crippen LogP contribution in [-0.4, -0.2) is 10.2 Å². The Morgan fingerprint density at radius 2 is 1.86 bits per heavy atom. The van der Waals surface area contributed by atoms with Gasteiger partial charge in [-0.2, -0.15) is 0 Å². The van der Waals surface area contributed by atoms with Gasteiger partial charge in [-0.3, -0.25) is 9.63 Å². The molecular weight excluding hydrogens is 244 g/mol. The average Bonchev–Trinajstić information content (AvgIpc) is 2.17. The molecule has 1 aromatic carbocycles. The van der Waals surface area contributed by atoms with E-state index in [4.69, 9.17) is 35.0 Å². The fraction of sp³-hybridized carbons (Fsp3) is 0.222. The lowest BCUT2D eigenvalue weighted by Crippen LogP contribution is -2.35. The predicted molar refractivity (Wildman–Crippen MR) is 58.6 cm³/mol. The van der Waals surface area contributed by atoms with Crippen LogP contribution in [-0.2, 0) is 11.2 Å². The zero-order valence-corrected chi connectivity index (χ0v) is 9.40. The minimum absolute atomic E-state index is 0.218. The van der Waals surface area contributed by atoms with Crippen LogP contribution in [0.5, 0.6) is 0 Å². The van der Waals surface area contributed by atoms with Crippen LogP contribution in [0.2, 0.25) is 0 Å². The Bertz CT molecular complexity index is 313. The van der Waals surface area contributed by atoms with Crippen LogP contribution < -0.4 is 4.84 Å². The maximum atomic E-state index is 11.1. The second kappa shape index (κ2) is 4.87. The van der Waals surface area contributed by atoms with Crippen molar-refractivity contribution < 1.29 is 4.79 Å². The van der Waals surface area contributed by atoms with Gasteiger partial charge in [0.2, 0.25) is 4.33 Å². The molecule has 1 N–H and O–H groups in total. The number of carbonyl (C=O) groups is 1. The van der Waals surface area contributed by atoms with Gasteiger partial charge in [-0.15, -0.1) is 0 Å². The Kier molecular flexibility index (Phi) is 4.05. The third-order valence-electron chi connectivity index (χ3n) is 1.69. The number of amides is 1. The molecule has 0 bridgehead atoms. The zero-order chi connectivity index (χ0) is 10.6. The maximum Gasteiger partial charge on any atom is 0.271 e. The molecule has 1 amide bonds. The van der Waals surface area contributed by atoms with Crippen LogP contribution in [0.15, 0.2) is 30.3 Å². The van der Waals surface area contributed by atoms with Gasteiger partial charge in [0, 0.05) is 18.2 Å². The summed E-state index contributed by atoms with van der Waals surface area (Å²) in [5, 5.41) is 0. The molecule has 76 valence electrons. The van der Waals surface area contributed by atoms with Crippen molar-refractivity contribution in [2.24, 2.45) is 0 Å². The van der Waals surface area contributed by atoms with Crippen LogP contribution in [0.4, 0.5) is 0 Å². The molecule has 0 radical (unpaired) electrons. The molecule has 0 spiro atoms. The number of nitrogens with one attached hydrogen (secondary N) is 1. The van der Waals surface area contributed by atoms with E-state index in [9.17, 15) is 4.79 Å². The van der Waals surface area contributed by atoms with Gasteiger partial charge in [-0.05, 0) is 5.56 Å². The zero-order valence-electron chi connectivity index (χ0n) is 7.14. The summed E-state index contributed by atoms with van der Waals surface area (Å²) in [5.41, 5.74) is 0.873. The van der Waals surface area contributed by atoms with Gasteiger partial charge in [0.15, 0.2) is 0 Å². The van der Waals surface area contributed by atoms with Crippen molar-refractivity contribution in [3.8, 4) is 0 Å². The highest BCUT2D eigenvalue weighted by Crippen LogP contribution is 2.26. The topological polar surface area (TPSA) is 29.1 Å². The molecule has 0 heterocycles. The van der Waals surface area contributed by atoms with Crippen molar-refractivity contribution >= 4 is 40.9 Å².